The summed E-state index contributed by atoms with van der Waals surface area (Å²) < 4.78 is 2.14. The van der Waals surface area contributed by atoms with Crippen LogP contribution in [0.2, 0.25) is 0 Å². The zero-order chi connectivity index (χ0) is 16.2. The quantitative estimate of drug-likeness (QED) is 0.793. The second kappa shape index (κ2) is 7.17. The van der Waals surface area contributed by atoms with E-state index >= 15 is 0 Å². The summed E-state index contributed by atoms with van der Waals surface area (Å²) in [6.07, 6.45) is 2.41. The van der Waals surface area contributed by atoms with Crippen LogP contribution in [-0.2, 0) is 17.9 Å². The largest absolute Gasteiger partial charge is 0.351 e. The molecule has 2 aromatic rings. The number of benzene rings is 1. The van der Waals surface area contributed by atoms with E-state index in [4.69, 9.17) is 0 Å². The third kappa shape index (κ3) is 3.93. The summed E-state index contributed by atoms with van der Waals surface area (Å²) in [6, 6.07) is 9.94. The van der Waals surface area contributed by atoms with E-state index < -0.39 is 0 Å². The van der Waals surface area contributed by atoms with Gasteiger partial charge in [-0.15, -0.1) is 10.2 Å². The molecule has 1 amide bonds. The highest BCUT2D eigenvalue weighted by atomic mass is 32.2. The van der Waals surface area contributed by atoms with Gasteiger partial charge in [0.25, 0.3) is 0 Å². The van der Waals surface area contributed by atoms with Crippen molar-refractivity contribution in [1.29, 1.82) is 0 Å². The zero-order valence-corrected chi connectivity index (χ0v) is 14.3. The molecule has 0 aliphatic heterocycles. The summed E-state index contributed by atoms with van der Waals surface area (Å²) in [7, 11) is 0. The van der Waals surface area contributed by atoms with Gasteiger partial charge in [-0.3, -0.25) is 4.79 Å². The molecule has 0 spiro atoms. The van der Waals surface area contributed by atoms with Gasteiger partial charge < -0.3 is 9.88 Å². The van der Waals surface area contributed by atoms with Gasteiger partial charge in [-0.1, -0.05) is 42.1 Å². The number of hydrogen-bond acceptors (Lipinski definition) is 4. The molecule has 23 heavy (non-hydrogen) atoms. The summed E-state index contributed by atoms with van der Waals surface area (Å²) in [5, 5.41) is 12.2. The lowest BCUT2D eigenvalue weighted by atomic mass is 10.2. The highest BCUT2D eigenvalue weighted by Gasteiger charge is 2.30. The third-order valence-electron chi connectivity index (χ3n) is 3.97. The predicted molar refractivity (Wildman–Crippen MR) is 91.3 cm³/mol. The Labute approximate surface area is 140 Å². The van der Waals surface area contributed by atoms with E-state index in [9.17, 15) is 4.79 Å². The summed E-state index contributed by atoms with van der Waals surface area (Å²) in [5.74, 6) is 1.67. The maximum absolute atomic E-state index is 12.3. The summed E-state index contributed by atoms with van der Waals surface area (Å²) in [6.45, 7) is 5.41. The van der Waals surface area contributed by atoms with Crippen molar-refractivity contribution in [3.05, 3.63) is 41.7 Å². The van der Waals surface area contributed by atoms with E-state index in [-0.39, 0.29) is 11.2 Å². The Kier molecular flexibility index (Phi) is 5.00. The minimum absolute atomic E-state index is 0.0254. The van der Waals surface area contributed by atoms with Crippen LogP contribution in [0.3, 0.4) is 0 Å². The highest BCUT2D eigenvalue weighted by Crippen LogP contribution is 2.40. The summed E-state index contributed by atoms with van der Waals surface area (Å²) in [5.41, 5.74) is 1.10. The lowest BCUT2D eigenvalue weighted by molar-refractivity contribution is -0.120. The Morgan fingerprint density at radius 3 is 2.74 bits per heavy atom. The molecule has 1 aromatic carbocycles. The molecular formula is C17H22N4OS. The molecule has 0 bridgehead atoms. The molecule has 6 heteroatoms. The lowest BCUT2D eigenvalue weighted by Gasteiger charge is -2.12. The lowest BCUT2D eigenvalue weighted by Crippen LogP contribution is -2.30. The summed E-state index contributed by atoms with van der Waals surface area (Å²) >= 11 is 1.48. The Morgan fingerprint density at radius 1 is 1.35 bits per heavy atom. The first-order chi connectivity index (χ1) is 11.2. The molecule has 0 unspecified atom stereocenters. The van der Waals surface area contributed by atoms with Crippen molar-refractivity contribution in [1.82, 2.24) is 20.1 Å². The molecule has 1 fully saturated rings. The van der Waals surface area contributed by atoms with Crippen molar-refractivity contribution < 1.29 is 4.79 Å². The van der Waals surface area contributed by atoms with Crippen molar-refractivity contribution >= 4 is 17.7 Å². The van der Waals surface area contributed by atoms with Gasteiger partial charge in [0.15, 0.2) is 5.16 Å². The SMILES string of the molecule is CCn1c(S[C@@H](C)C(=O)NCc2ccccc2)nnc1C1CC1. The highest BCUT2D eigenvalue weighted by molar-refractivity contribution is 8.00. The average molecular weight is 330 g/mol. The average Bonchev–Trinajstić information content (AvgIpc) is 3.34. The van der Waals surface area contributed by atoms with Gasteiger partial charge in [-0.25, -0.2) is 0 Å². The van der Waals surface area contributed by atoms with Crippen LogP contribution >= 0.6 is 11.8 Å². The maximum atomic E-state index is 12.3. The standard InChI is InChI=1S/C17H22N4OS/c1-3-21-15(14-9-10-14)19-20-17(21)23-12(2)16(22)18-11-13-7-5-4-6-8-13/h4-8,12,14H,3,9-11H2,1-2H3,(H,18,22)/t12-/m0/s1. The van der Waals surface area contributed by atoms with Gasteiger partial charge in [0.2, 0.25) is 5.91 Å². The number of aromatic nitrogens is 3. The van der Waals surface area contributed by atoms with E-state index in [1.807, 2.05) is 37.3 Å². The van der Waals surface area contributed by atoms with E-state index in [0.29, 0.717) is 12.5 Å². The van der Waals surface area contributed by atoms with Crippen molar-refractivity contribution in [3.8, 4) is 0 Å². The monoisotopic (exact) mass is 330 g/mol. The van der Waals surface area contributed by atoms with Crippen LogP contribution in [0.15, 0.2) is 35.5 Å². The second-order valence-corrected chi connectivity index (χ2v) is 7.13. The molecule has 122 valence electrons. The number of rotatable bonds is 7. The first-order valence-corrected chi connectivity index (χ1v) is 8.98. The van der Waals surface area contributed by atoms with Gasteiger partial charge in [-0.05, 0) is 32.3 Å². The number of amides is 1. The fraction of sp³-hybridized carbons (Fsp3) is 0.471. The molecule has 3 rings (SSSR count). The Hall–Kier alpha value is -1.82. The maximum Gasteiger partial charge on any atom is 0.233 e. The fourth-order valence-corrected chi connectivity index (χ4v) is 3.41. The van der Waals surface area contributed by atoms with Crippen LogP contribution in [0.5, 0.6) is 0 Å². The second-order valence-electron chi connectivity index (χ2n) is 5.82. The van der Waals surface area contributed by atoms with Crippen LogP contribution in [0.25, 0.3) is 0 Å². The molecule has 1 saturated carbocycles. The molecule has 0 radical (unpaired) electrons. The van der Waals surface area contributed by atoms with Crippen molar-refractivity contribution in [2.75, 3.05) is 0 Å². The molecule has 1 atom stereocenters. The van der Waals surface area contributed by atoms with Crippen molar-refractivity contribution in [3.63, 3.8) is 0 Å². The molecule has 1 heterocycles. The van der Waals surface area contributed by atoms with Gasteiger partial charge in [0.1, 0.15) is 5.82 Å². The van der Waals surface area contributed by atoms with Gasteiger partial charge >= 0.3 is 0 Å². The van der Waals surface area contributed by atoms with Crippen molar-refractivity contribution in [2.24, 2.45) is 0 Å². The minimum Gasteiger partial charge on any atom is -0.351 e. The number of hydrogen-bond donors (Lipinski definition) is 1. The number of nitrogens with one attached hydrogen (secondary N) is 1. The Bertz CT molecular complexity index is 666. The van der Waals surface area contributed by atoms with Crippen LogP contribution in [-0.4, -0.2) is 25.9 Å². The van der Waals surface area contributed by atoms with E-state index in [2.05, 4.69) is 27.0 Å². The molecule has 1 aliphatic carbocycles. The molecule has 1 aliphatic rings. The summed E-state index contributed by atoms with van der Waals surface area (Å²) in [4.78, 5) is 12.3. The van der Waals surface area contributed by atoms with Crippen LogP contribution in [0, 0.1) is 0 Å². The van der Waals surface area contributed by atoms with Gasteiger partial charge in [0, 0.05) is 19.0 Å². The number of thioether (sulfide) groups is 1. The van der Waals surface area contributed by atoms with Gasteiger partial charge in [-0.2, -0.15) is 0 Å². The normalized spacial score (nSPS) is 15.4. The third-order valence-corrected chi connectivity index (χ3v) is 5.05. The number of carbonyl (C=O) groups excluding carboxylic acids is 1. The smallest absolute Gasteiger partial charge is 0.233 e. The molecular weight excluding hydrogens is 308 g/mol. The van der Waals surface area contributed by atoms with Crippen molar-refractivity contribution in [2.45, 2.75) is 56.1 Å². The predicted octanol–water partition coefficient (Wildman–Crippen LogP) is 2.97. The molecule has 1 N–H and O–H groups in total. The molecule has 1 aromatic heterocycles. The van der Waals surface area contributed by atoms with E-state index in [1.54, 1.807) is 0 Å². The molecule has 0 saturated heterocycles. The van der Waals surface area contributed by atoms with Crippen LogP contribution in [0.1, 0.15) is 44.0 Å². The van der Waals surface area contributed by atoms with Gasteiger partial charge in [0.05, 0.1) is 5.25 Å². The minimum atomic E-state index is -0.194. The molecule has 5 nitrogen and oxygen atoms in total. The van der Waals surface area contributed by atoms with E-state index in [1.165, 1.54) is 24.6 Å². The zero-order valence-electron chi connectivity index (χ0n) is 13.5. The number of carbonyl (C=O) groups is 1. The fourth-order valence-electron chi connectivity index (χ4n) is 2.47. The van der Waals surface area contributed by atoms with Crippen LogP contribution in [0.4, 0.5) is 0 Å². The first kappa shape index (κ1) is 16.1. The Morgan fingerprint density at radius 2 is 2.09 bits per heavy atom. The topological polar surface area (TPSA) is 59.8 Å². The van der Waals surface area contributed by atoms with E-state index in [0.717, 1.165) is 23.1 Å². The Balaban J connectivity index is 1.58. The number of nitrogens with zero attached hydrogens (tertiary/aromatic N) is 3. The van der Waals surface area contributed by atoms with Crippen LogP contribution < -0.4 is 5.32 Å². The first-order valence-electron chi connectivity index (χ1n) is 8.10.